The summed E-state index contributed by atoms with van der Waals surface area (Å²) in [6.45, 7) is 12.1. The Morgan fingerprint density at radius 3 is 2.48 bits per heavy atom. The van der Waals surface area contributed by atoms with Gasteiger partial charge in [-0.1, -0.05) is 26.7 Å². The van der Waals surface area contributed by atoms with Gasteiger partial charge in [0.1, 0.15) is 0 Å². The third-order valence-electron chi connectivity index (χ3n) is 5.71. The van der Waals surface area contributed by atoms with Crippen LogP contribution in [0.5, 0.6) is 0 Å². The minimum atomic E-state index is 0.541. The highest BCUT2D eigenvalue weighted by molar-refractivity contribution is 5.79. The van der Waals surface area contributed by atoms with Crippen LogP contribution in [0.2, 0.25) is 0 Å². The standard InChI is InChI=1S/C19H38N4O2/c1-5-17(6-2)18(23-8-11-24-12-9-23)13-21-19(20-3)22(4)14-16-7-10-25-15-16/h16-18H,5-15H2,1-4H3,(H,20,21). The van der Waals surface area contributed by atoms with Gasteiger partial charge in [-0.15, -0.1) is 0 Å². The summed E-state index contributed by atoms with van der Waals surface area (Å²) in [5.41, 5.74) is 0. The number of rotatable bonds is 8. The fourth-order valence-corrected chi connectivity index (χ4v) is 4.12. The Hall–Kier alpha value is -0.850. The van der Waals surface area contributed by atoms with Crippen LogP contribution >= 0.6 is 0 Å². The molecule has 2 saturated heterocycles. The first-order chi connectivity index (χ1) is 12.2. The van der Waals surface area contributed by atoms with Gasteiger partial charge in [0.05, 0.1) is 19.8 Å². The normalized spacial score (nSPS) is 23.9. The van der Waals surface area contributed by atoms with Crippen molar-refractivity contribution in [1.29, 1.82) is 0 Å². The topological polar surface area (TPSA) is 49.3 Å². The highest BCUT2D eigenvalue weighted by atomic mass is 16.5. The zero-order valence-electron chi connectivity index (χ0n) is 16.7. The van der Waals surface area contributed by atoms with Gasteiger partial charge in [-0.2, -0.15) is 0 Å². The monoisotopic (exact) mass is 354 g/mol. The molecule has 0 spiro atoms. The minimum absolute atomic E-state index is 0.541. The average Bonchev–Trinajstić information content (AvgIpc) is 3.15. The van der Waals surface area contributed by atoms with Gasteiger partial charge in [0.25, 0.3) is 0 Å². The van der Waals surface area contributed by atoms with Crippen LogP contribution in [0.15, 0.2) is 4.99 Å². The third kappa shape index (κ3) is 6.12. The molecule has 6 heteroatoms. The number of ether oxygens (including phenoxy) is 2. The molecule has 2 fully saturated rings. The molecule has 2 unspecified atom stereocenters. The summed E-state index contributed by atoms with van der Waals surface area (Å²) in [7, 11) is 4.01. The van der Waals surface area contributed by atoms with Gasteiger partial charge >= 0.3 is 0 Å². The number of guanidine groups is 1. The molecule has 1 N–H and O–H groups in total. The fraction of sp³-hybridized carbons (Fsp3) is 0.947. The average molecular weight is 355 g/mol. The Morgan fingerprint density at radius 1 is 1.20 bits per heavy atom. The van der Waals surface area contributed by atoms with E-state index in [4.69, 9.17) is 9.47 Å². The van der Waals surface area contributed by atoms with Crippen LogP contribution in [0.4, 0.5) is 0 Å². The van der Waals surface area contributed by atoms with Crippen molar-refractivity contribution in [2.75, 3.05) is 66.7 Å². The molecule has 0 bridgehead atoms. The quantitative estimate of drug-likeness (QED) is 0.531. The molecule has 0 aromatic heterocycles. The lowest BCUT2D eigenvalue weighted by Gasteiger charge is -2.39. The van der Waals surface area contributed by atoms with Crippen LogP contribution in [-0.2, 0) is 9.47 Å². The molecular weight excluding hydrogens is 316 g/mol. The summed E-state index contributed by atoms with van der Waals surface area (Å²) in [4.78, 5) is 9.36. The molecule has 25 heavy (non-hydrogen) atoms. The van der Waals surface area contributed by atoms with E-state index in [1.54, 1.807) is 0 Å². The van der Waals surface area contributed by atoms with Crippen LogP contribution in [0.25, 0.3) is 0 Å². The number of hydrogen-bond donors (Lipinski definition) is 1. The molecule has 146 valence electrons. The first kappa shape index (κ1) is 20.5. The number of nitrogens with one attached hydrogen (secondary N) is 1. The molecule has 2 rings (SSSR count). The lowest BCUT2D eigenvalue weighted by Crippen LogP contribution is -2.53. The van der Waals surface area contributed by atoms with Crippen LogP contribution in [-0.4, -0.2) is 88.5 Å². The number of morpholine rings is 1. The molecule has 0 saturated carbocycles. The maximum Gasteiger partial charge on any atom is 0.193 e. The van der Waals surface area contributed by atoms with E-state index in [0.717, 1.165) is 65.0 Å². The van der Waals surface area contributed by atoms with Crippen molar-refractivity contribution in [3.63, 3.8) is 0 Å². The van der Waals surface area contributed by atoms with E-state index in [9.17, 15) is 0 Å². The number of nitrogens with zero attached hydrogens (tertiary/aromatic N) is 3. The van der Waals surface area contributed by atoms with E-state index < -0.39 is 0 Å². The Balaban J connectivity index is 1.91. The summed E-state index contributed by atoms with van der Waals surface area (Å²) in [5.74, 6) is 2.32. The minimum Gasteiger partial charge on any atom is -0.381 e. The van der Waals surface area contributed by atoms with Crippen molar-refractivity contribution < 1.29 is 9.47 Å². The Morgan fingerprint density at radius 2 is 1.92 bits per heavy atom. The van der Waals surface area contributed by atoms with E-state index in [1.807, 2.05) is 7.05 Å². The second-order valence-electron chi connectivity index (χ2n) is 7.33. The fourth-order valence-electron chi connectivity index (χ4n) is 4.12. The van der Waals surface area contributed by atoms with Crippen LogP contribution in [0, 0.1) is 11.8 Å². The molecule has 2 aliphatic rings. The zero-order chi connectivity index (χ0) is 18.1. The van der Waals surface area contributed by atoms with Crippen LogP contribution in [0.3, 0.4) is 0 Å². The van der Waals surface area contributed by atoms with Gasteiger partial charge in [-0.25, -0.2) is 0 Å². The number of hydrogen-bond acceptors (Lipinski definition) is 4. The van der Waals surface area contributed by atoms with Crippen molar-refractivity contribution in [2.24, 2.45) is 16.8 Å². The van der Waals surface area contributed by atoms with E-state index in [-0.39, 0.29) is 0 Å². The van der Waals surface area contributed by atoms with Crippen molar-refractivity contribution in [3.8, 4) is 0 Å². The third-order valence-corrected chi connectivity index (χ3v) is 5.71. The van der Waals surface area contributed by atoms with Gasteiger partial charge in [0.15, 0.2) is 5.96 Å². The van der Waals surface area contributed by atoms with E-state index in [2.05, 4.69) is 41.0 Å². The largest absolute Gasteiger partial charge is 0.381 e. The predicted octanol–water partition coefficient (Wildman–Crippen LogP) is 1.67. The SMILES string of the molecule is CCC(CC)C(CNC(=NC)N(C)CC1CCOC1)N1CCOCC1. The van der Waals surface area contributed by atoms with Crippen molar-refractivity contribution in [2.45, 2.75) is 39.2 Å². The van der Waals surface area contributed by atoms with Crippen LogP contribution in [0.1, 0.15) is 33.1 Å². The van der Waals surface area contributed by atoms with Gasteiger partial charge < -0.3 is 19.7 Å². The summed E-state index contributed by atoms with van der Waals surface area (Å²) in [5, 5.41) is 3.64. The first-order valence-corrected chi connectivity index (χ1v) is 10.0. The highest BCUT2D eigenvalue weighted by Gasteiger charge is 2.27. The van der Waals surface area contributed by atoms with Gasteiger partial charge in [-0.05, 0) is 12.3 Å². The lowest BCUT2D eigenvalue weighted by molar-refractivity contribution is 0.00260. The molecule has 2 heterocycles. The molecule has 0 aromatic carbocycles. The highest BCUT2D eigenvalue weighted by Crippen LogP contribution is 2.20. The van der Waals surface area contributed by atoms with Crippen LogP contribution < -0.4 is 5.32 Å². The summed E-state index contributed by atoms with van der Waals surface area (Å²) < 4.78 is 11.1. The van der Waals surface area contributed by atoms with E-state index >= 15 is 0 Å². The Kier molecular flexibility index (Phi) is 8.99. The zero-order valence-corrected chi connectivity index (χ0v) is 16.7. The van der Waals surface area contributed by atoms with E-state index in [1.165, 1.54) is 12.8 Å². The van der Waals surface area contributed by atoms with Crippen molar-refractivity contribution >= 4 is 5.96 Å². The first-order valence-electron chi connectivity index (χ1n) is 10.0. The molecule has 2 atom stereocenters. The van der Waals surface area contributed by atoms with Gasteiger partial charge in [0.2, 0.25) is 0 Å². The molecule has 2 aliphatic heterocycles. The van der Waals surface area contributed by atoms with Crippen molar-refractivity contribution in [1.82, 2.24) is 15.1 Å². The van der Waals surface area contributed by atoms with E-state index in [0.29, 0.717) is 17.9 Å². The molecule has 6 nitrogen and oxygen atoms in total. The molecule has 0 aliphatic carbocycles. The summed E-state index contributed by atoms with van der Waals surface area (Å²) in [6, 6.07) is 0.541. The molecule has 0 amide bonds. The van der Waals surface area contributed by atoms with Crippen molar-refractivity contribution in [3.05, 3.63) is 0 Å². The second kappa shape index (κ2) is 11.0. The maximum absolute atomic E-state index is 5.55. The molecular formula is C19H38N4O2. The Labute approximate surface area is 153 Å². The maximum atomic E-state index is 5.55. The van der Waals surface area contributed by atoms with Gasteiger partial charge in [-0.3, -0.25) is 9.89 Å². The summed E-state index contributed by atoms with van der Waals surface area (Å²) >= 11 is 0. The lowest BCUT2D eigenvalue weighted by atomic mass is 9.92. The van der Waals surface area contributed by atoms with Gasteiger partial charge in [0, 0.05) is 58.8 Å². The number of aliphatic imine (C=N–C) groups is 1. The Bertz CT molecular complexity index is 389. The predicted molar refractivity (Wildman–Crippen MR) is 103 cm³/mol. The smallest absolute Gasteiger partial charge is 0.193 e. The molecule has 0 aromatic rings. The summed E-state index contributed by atoms with van der Waals surface area (Å²) in [6.07, 6.45) is 3.59. The second-order valence-corrected chi connectivity index (χ2v) is 7.33. The molecule has 0 radical (unpaired) electrons.